The summed E-state index contributed by atoms with van der Waals surface area (Å²) in [7, 11) is 0. The number of carbonyl (C=O) groups excluding carboxylic acids is 1. The molecule has 2 N–H and O–H groups in total. The number of rotatable bonds is 1. The van der Waals surface area contributed by atoms with E-state index in [2.05, 4.69) is 5.10 Å². The number of hydrogen-bond donors (Lipinski definition) is 1. The van der Waals surface area contributed by atoms with E-state index >= 15 is 0 Å². The lowest BCUT2D eigenvalue weighted by Gasteiger charge is -2.13. The molecule has 0 bridgehead atoms. The molecule has 0 aromatic rings. The molecule has 0 unspecified atom stereocenters. The van der Waals surface area contributed by atoms with Crippen LogP contribution >= 0.6 is 11.6 Å². The van der Waals surface area contributed by atoms with E-state index in [4.69, 9.17) is 17.4 Å². The maximum absolute atomic E-state index is 11.1. The Labute approximate surface area is 65.2 Å². The van der Waals surface area contributed by atoms with Gasteiger partial charge in [0.05, 0.1) is 0 Å². The second-order valence-corrected chi connectivity index (χ2v) is 3.36. The normalized spacial score (nSPS) is 13.4. The van der Waals surface area contributed by atoms with Gasteiger partial charge in [0, 0.05) is 5.41 Å². The van der Waals surface area contributed by atoms with Crippen molar-refractivity contribution in [3.63, 3.8) is 0 Å². The lowest BCUT2D eigenvalue weighted by molar-refractivity contribution is -0.119. The van der Waals surface area contributed by atoms with Gasteiger partial charge in [-0.1, -0.05) is 32.4 Å². The monoisotopic (exact) mass is 162 g/mol. The molecule has 0 saturated carbocycles. The molecule has 0 spiro atoms. The van der Waals surface area contributed by atoms with Crippen molar-refractivity contribution in [3.05, 3.63) is 0 Å². The molecule has 0 aliphatic heterocycles. The van der Waals surface area contributed by atoms with Crippen molar-refractivity contribution in [1.82, 2.24) is 0 Å². The summed E-state index contributed by atoms with van der Waals surface area (Å²) in [6, 6.07) is 0. The summed E-state index contributed by atoms with van der Waals surface area (Å²) in [6.07, 6.45) is 0. The SMILES string of the molecule is CC(C)(C)C(=O)/C(Cl)=N/N. The fourth-order valence-corrected chi connectivity index (χ4v) is 0.652. The van der Waals surface area contributed by atoms with E-state index in [9.17, 15) is 4.79 Å². The molecule has 0 aliphatic carbocycles. The maximum atomic E-state index is 11.1. The summed E-state index contributed by atoms with van der Waals surface area (Å²) in [5.74, 6) is 4.57. The first-order valence-corrected chi connectivity index (χ1v) is 3.25. The van der Waals surface area contributed by atoms with Crippen LogP contribution in [0.5, 0.6) is 0 Å². The minimum atomic E-state index is -0.500. The van der Waals surface area contributed by atoms with Crippen molar-refractivity contribution in [2.45, 2.75) is 20.8 Å². The third kappa shape index (κ3) is 2.35. The number of halogens is 1. The van der Waals surface area contributed by atoms with Gasteiger partial charge in [-0.15, -0.1) is 0 Å². The fraction of sp³-hybridized carbons (Fsp3) is 0.667. The molecule has 0 rings (SSSR count). The molecule has 4 heteroatoms. The molecule has 0 aliphatic rings. The third-order valence-electron chi connectivity index (χ3n) is 0.982. The van der Waals surface area contributed by atoms with Crippen LogP contribution in [0.1, 0.15) is 20.8 Å². The zero-order valence-electron chi connectivity index (χ0n) is 6.31. The molecule has 58 valence electrons. The minimum Gasteiger partial charge on any atom is -0.322 e. The number of carbonyl (C=O) groups is 1. The molecule has 0 aromatic carbocycles. The van der Waals surface area contributed by atoms with Crippen molar-refractivity contribution >= 4 is 22.6 Å². The quantitative estimate of drug-likeness (QED) is 0.357. The van der Waals surface area contributed by atoms with Crippen molar-refractivity contribution in [2.24, 2.45) is 16.4 Å². The summed E-state index contributed by atoms with van der Waals surface area (Å²) < 4.78 is 0. The van der Waals surface area contributed by atoms with Crippen LogP contribution in [0.15, 0.2) is 5.10 Å². The summed E-state index contributed by atoms with van der Waals surface area (Å²) in [6.45, 7) is 5.26. The smallest absolute Gasteiger partial charge is 0.199 e. The second-order valence-electron chi connectivity index (χ2n) is 3.00. The van der Waals surface area contributed by atoms with E-state index in [1.165, 1.54) is 0 Å². The molecule has 0 atom stereocenters. The summed E-state index contributed by atoms with van der Waals surface area (Å²) in [5, 5.41) is 2.94. The number of hydrazone groups is 1. The Morgan fingerprint density at radius 3 is 2.00 bits per heavy atom. The minimum absolute atomic E-state index is 0.146. The van der Waals surface area contributed by atoms with Crippen LogP contribution < -0.4 is 5.84 Å². The molecule has 0 heterocycles. The fourth-order valence-electron chi connectivity index (χ4n) is 0.368. The molecule has 3 nitrogen and oxygen atoms in total. The van der Waals surface area contributed by atoms with Crippen LogP contribution in [0.3, 0.4) is 0 Å². The molecule has 10 heavy (non-hydrogen) atoms. The lowest BCUT2D eigenvalue weighted by atomic mass is 9.91. The first kappa shape index (κ1) is 9.43. The van der Waals surface area contributed by atoms with Gasteiger partial charge >= 0.3 is 0 Å². The molecule has 0 fully saturated rings. The highest BCUT2D eigenvalue weighted by Crippen LogP contribution is 2.16. The zero-order chi connectivity index (χ0) is 8.36. The van der Waals surface area contributed by atoms with Gasteiger partial charge in [0.2, 0.25) is 0 Å². The average Bonchev–Trinajstić information content (AvgIpc) is 1.83. The summed E-state index contributed by atoms with van der Waals surface area (Å²) in [5.41, 5.74) is -0.500. The molecular formula is C6H11ClN2O. The van der Waals surface area contributed by atoms with Crippen molar-refractivity contribution < 1.29 is 4.79 Å². The predicted octanol–water partition coefficient (Wildman–Crippen LogP) is 1.11. The molecule has 0 amide bonds. The zero-order valence-corrected chi connectivity index (χ0v) is 7.07. The Bertz CT molecular complexity index is 169. The van der Waals surface area contributed by atoms with Crippen molar-refractivity contribution in [1.29, 1.82) is 0 Å². The Morgan fingerprint density at radius 2 is 1.90 bits per heavy atom. The Hall–Kier alpha value is -0.570. The largest absolute Gasteiger partial charge is 0.322 e. The first-order chi connectivity index (χ1) is 4.39. The van der Waals surface area contributed by atoms with Crippen LogP contribution in [0.4, 0.5) is 0 Å². The van der Waals surface area contributed by atoms with E-state index in [0.717, 1.165) is 0 Å². The highest BCUT2D eigenvalue weighted by molar-refractivity contribution is 6.83. The van der Waals surface area contributed by atoms with Gasteiger partial charge < -0.3 is 5.84 Å². The molecule has 0 radical (unpaired) electrons. The predicted molar refractivity (Wildman–Crippen MR) is 41.9 cm³/mol. The van der Waals surface area contributed by atoms with E-state index in [0.29, 0.717) is 0 Å². The second kappa shape index (κ2) is 3.01. The summed E-state index contributed by atoms with van der Waals surface area (Å²) >= 11 is 5.38. The van der Waals surface area contributed by atoms with Gasteiger partial charge in [-0.2, -0.15) is 5.10 Å². The van der Waals surface area contributed by atoms with E-state index in [1.807, 2.05) is 0 Å². The van der Waals surface area contributed by atoms with Gasteiger partial charge in [0.15, 0.2) is 11.0 Å². The van der Waals surface area contributed by atoms with Crippen LogP contribution in [-0.4, -0.2) is 11.0 Å². The topological polar surface area (TPSA) is 55.5 Å². The molecule has 0 aromatic heterocycles. The van der Waals surface area contributed by atoms with Gasteiger partial charge in [0.25, 0.3) is 0 Å². The Kier molecular flexibility index (Phi) is 2.84. The number of nitrogens with two attached hydrogens (primary N) is 1. The third-order valence-corrected chi connectivity index (χ3v) is 1.25. The van der Waals surface area contributed by atoms with Crippen LogP contribution in [0.2, 0.25) is 0 Å². The van der Waals surface area contributed by atoms with Crippen LogP contribution in [0, 0.1) is 5.41 Å². The number of ketones is 1. The van der Waals surface area contributed by atoms with Crippen LogP contribution in [0.25, 0.3) is 0 Å². The lowest BCUT2D eigenvalue weighted by Crippen LogP contribution is -2.26. The average molecular weight is 163 g/mol. The molecule has 0 saturated heterocycles. The molecular weight excluding hydrogens is 152 g/mol. The van der Waals surface area contributed by atoms with Crippen LogP contribution in [-0.2, 0) is 4.79 Å². The van der Waals surface area contributed by atoms with E-state index in [1.54, 1.807) is 20.8 Å². The maximum Gasteiger partial charge on any atom is 0.199 e. The highest BCUT2D eigenvalue weighted by Gasteiger charge is 2.24. The van der Waals surface area contributed by atoms with Gasteiger partial charge in [0.1, 0.15) is 0 Å². The number of nitrogens with zero attached hydrogens (tertiary/aromatic N) is 1. The first-order valence-electron chi connectivity index (χ1n) is 2.87. The Balaban J connectivity index is 4.39. The van der Waals surface area contributed by atoms with Crippen molar-refractivity contribution in [3.8, 4) is 0 Å². The van der Waals surface area contributed by atoms with Crippen molar-refractivity contribution in [2.75, 3.05) is 0 Å². The standard InChI is InChI=1S/C6H11ClN2O/c1-6(2,3)4(10)5(7)9-8/h8H2,1-3H3/b9-5-. The van der Waals surface area contributed by atoms with E-state index in [-0.39, 0.29) is 11.0 Å². The van der Waals surface area contributed by atoms with E-state index < -0.39 is 5.41 Å². The van der Waals surface area contributed by atoms with Gasteiger partial charge in [-0.25, -0.2) is 0 Å². The number of hydrogen-bond acceptors (Lipinski definition) is 3. The highest BCUT2D eigenvalue weighted by atomic mass is 35.5. The summed E-state index contributed by atoms with van der Waals surface area (Å²) in [4.78, 5) is 11.1. The van der Waals surface area contributed by atoms with Gasteiger partial charge in [-0.05, 0) is 0 Å². The number of Topliss-reactive ketones (excluding diaryl/α,β-unsaturated/α-hetero) is 1. The van der Waals surface area contributed by atoms with Gasteiger partial charge in [-0.3, -0.25) is 4.79 Å². The Morgan fingerprint density at radius 1 is 1.50 bits per heavy atom.